The molecule has 0 fully saturated rings. The molecule has 3 N–H and O–H groups in total. The Morgan fingerprint density at radius 3 is 2.71 bits per heavy atom. The van der Waals surface area contributed by atoms with Crippen molar-refractivity contribution < 1.29 is 18.3 Å². The SMILES string of the molecule is CC(C)(CCC(=O)O)NS(=O)(=O)c1ccn[nH]1. The van der Waals surface area contributed by atoms with E-state index in [4.69, 9.17) is 5.11 Å². The van der Waals surface area contributed by atoms with Crippen molar-refractivity contribution in [1.82, 2.24) is 14.9 Å². The highest BCUT2D eigenvalue weighted by atomic mass is 32.2. The molecule has 0 amide bonds. The van der Waals surface area contributed by atoms with Crippen LogP contribution < -0.4 is 4.72 Å². The van der Waals surface area contributed by atoms with Crippen LogP contribution in [0.4, 0.5) is 0 Å². The van der Waals surface area contributed by atoms with Gasteiger partial charge < -0.3 is 5.11 Å². The van der Waals surface area contributed by atoms with E-state index in [1.165, 1.54) is 12.3 Å². The van der Waals surface area contributed by atoms with E-state index in [9.17, 15) is 13.2 Å². The van der Waals surface area contributed by atoms with Crippen molar-refractivity contribution in [1.29, 1.82) is 0 Å². The second kappa shape index (κ2) is 4.84. The number of hydrogen-bond acceptors (Lipinski definition) is 4. The van der Waals surface area contributed by atoms with E-state index in [0.717, 1.165) is 0 Å². The third-order valence-corrected chi connectivity index (χ3v) is 3.77. The molecule has 1 aromatic heterocycles. The van der Waals surface area contributed by atoms with Crippen LogP contribution in [-0.4, -0.2) is 35.2 Å². The first kappa shape index (κ1) is 13.7. The number of sulfonamides is 1. The summed E-state index contributed by atoms with van der Waals surface area (Å²) in [6.07, 6.45) is 1.44. The van der Waals surface area contributed by atoms with Gasteiger partial charge in [0.2, 0.25) is 0 Å². The van der Waals surface area contributed by atoms with Crippen molar-refractivity contribution in [3.63, 3.8) is 0 Å². The molecule has 1 rings (SSSR count). The number of carboxylic acid groups (broad SMARTS) is 1. The lowest BCUT2D eigenvalue weighted by Gasteiger charge is -2.24. The Balaban J connectivity index is 2.73. The van der Waals surface area contributed by atoms with Crippen LogP contribution in [0.15, 0.2) is 17.3 Å². The summed E-state index contributed by atoms with van der Waals surface area (Å²) < 4.78 is 26.1. The summed E-state index contributed by atoms with van der Waals surface area (Å²) in [5.41, 5.74) is -0.831. The lowest BCUT2D eigenvalue weighted by molar-refractivity contribution is -0.137. The van der Waals surface area contributed by atoms with Crippen LogP contribution in [0.3, 0.4) is 0 Å². The van der Waals surface area contributed by atoms with Gasteiger partial charge in [0.05, 0.1) is 6.20 Å². The van der Waals surface area contributed by atoms with E-state index < -0.39 is 21.5 Å². The number of aliphatic carboxylic acids is 1. The average Bonchev–Trinajstić information content (AvgIpc) is 2.66. The number of H-pyrrole nitrogens is 1. The maximum atomic E-state index is 11.8. The molecule has 17 heavy (non-hydrogen) atoms. The number of aromatic amines is 1. The minimum absolute atomic E-state index is 0.0408. The van der Waals surface area contributed by atoms with E-state index >= 15 is 0 Å². The Morgan fingerprint density at radius 1 is 1.59 bits per heavy atom. The van der Waals surface area contributed by atoms with Gasteiger partial charge in [-0.1, -0.05) is 0 Å². The highest BCUT2D eigenvalue weighted by Crippen LogP contribution is 2.15. The predicted octanol–water partition coefficient (Wildman–Crippen LogP) is 0.331. The fourth-order valence-corrected chi connectivity index (χ4v) is 2.63. The van der Waals surface area contributed by atoms with Crippen molar-refractivity contribution in [2.24, 2.45) is 0 Å². The molecule has 0 unspecified atom stereocenters. The largest absolute Gasteiger partial charge is 0.481 e. The highest BCUT2D eigenvalue weighted by Gasteiger charge is 2.27. The molecule has 96 valence electrons. The highest BCUT2D eigenvalue weighted by molar-refractivity contribution is 7.89. The van der Waals surface area contributed by atoms with Crippen molar-refractivity contribution >= 4 is 16.0 Å². The Kier molecular flexibility index (Phi) is 3.89. The Morgan fingerprint density at radius 2 is 2.24 bits per heavy atom. The predicted molar refractivity (Wildman–Crippen MR) is 59.9 cm³/mol. The number of nitrogens with one attached hydrogen (secondary N) is 2. The molecule has 0 spiro atoms. The van der Waals surface area contributed by atoms with Gasteiger partial charge in [-0.05, 0) is 26.3 Å². The zero-order chi connectivity index (χ0) is 13.1. The van der Waals surface area contributed by atoms with Crippen molar-refractivity contribution in [3.8, 4) is 0 Å². The number of hydrogen-bond donors (Lipinski definition) is 3. The van der Waals surface area contributed by atoms with E-state index in [-0.39, 0.29) is 17.9 Å². The average molecular weight is 261 g/mol. The minimum atomic E-state index is -3.68. The first-order valence-corrected chi connectivity index (χ1v) is 6.46. The summed E-state index contributed by atoms with van der Waals surface area (Å²) in [7, 11) is -3.68. The molecular weight excluding hydrogens is 246 g/mol. The maximum absolute atomic E-state index is 11.8. The van der Waals surface area contributed by atoms with Crippen LogP contribution in [0.5, 0.6) is 0 Å². The van der Waals surface area contributed by atoms with E-state index in [2.05, 4.69) is 14.9 Å². The summed E-state index contributed by atoms with van der Waals surface area (Å²) in [6, 6.07) is 1.33. The topological polar surface area (TPSA) is 112 Å². The van der Waals surface area contributed by atoms with Crippen LogP contribution in [0.25, 0.3) is 0 Å². The molecule has 0 aromatic carbocycles. The molecular formula is C9H15N3O4S. The number of rotatable bonds is 6. The summed E-state index contributed by atoms with van der Waals surface area (Å²) in [5.74, 6) is -0.959. The Bertz CT molecular complexity index is 478. The molecule has 0 aliphatic carbocycles. The normalized spacial score (nSPS) is 12.6. The van der Waals surface area contributed by atoms with Gasteiger partial charge in [-0.25, -0.2) is 13.1 Å². The number of aromatic nitrogens is 2. The second-order valence-electron chi connectivity index (χ2n) is 4.30. The lowest BCUT2D eigenvalue weighted by atomic mass is 10.0. The van der Waals surface area contributed by atoms with E-state index in [1.54, 1.807) is 13.8 Å². The molecule has 0 aliphatic heterocycles. The molecule has 7 nitrogen and oxygen atoms in total. The zero-order valence-corrected chi connectivity index (χ0v) is 10.4. The summed E-state index contributed by atoms with van der Waals surface area (Å²) in [4.78, 5) is 10.4. The molecule has 0 radical (unpaired) electrons. The molecule has 1 heterocycles. The van der Waals surface area contributed by atoms with Gasteiger partial charge in [-0.3, -0.25) is 9.89 Å². The van der Waals surface area contributed by atoms with Gasteiger partial charge in [0.25, 0.3) is 10.0 Å². The van der Waals surface area contributed by atoms with Crippen molar-refractivity contribution in [2.75, 3.05) is 0 Å². The van der Waals surface area contributed by atoms with Gasteiger partial charge >= 0.3 is 5.97 Å². The lowest BCUT2D eigenvalue weighted by Crippen LogP contribution is -2.43. The fraction of sp³-hybridized carbons (Fsp3) is 0.556. The van der Waals surface area contributed by atoms with Gasteiger partial charge in [0.15, 0.2) is 5.03 Å². The Labute approximate surface area is 99.3 Å². The summed E-state index contributed by atoms with van der Waals surface area (Å²) in [5, 5.41) is 14.4. The van der Waals surface area contributed by atoms with Crippen LogP contribution in [0.2, 0.25) is 0 Å². The first-order chi connectivity index (χ1) is 7.73. The molecule has 0 aliphatic rings. The van der Waals surface area contributed by atoms with Crippen molar-refractivity contribution in [2.45, 2.75) is 37.3 Å². The van der Waals surface area contributed by atoms with Gasteiger partial charge in [-0.2, -0.15) is 5.10 Å². The summed E-state index contributed by atoms with van der Waals surface area (Å²) in [6.45, 7) is 3.26. The number of carbonyl (C=O) groups is 1. The number of nitrogens with zero attached hydrogens (tertiary/aromatic N) is 1. The fourth-order valence-electron chi connectivity index (χ4n) is 1.28. The van der Waals surface area contributed by atoms with Crippen LogP contribution >= 0.6 is 0 Å². The molecule has 0 saturated heterocycles. The van der Waals surface area contributed by atoms with Gasteiger partial charge in [0, 0.05) is 12.0 Å². The van der Waals surface area contributed by atoms with Crippen LogP contribution in [0, 0.1) is 0 Å². The second-order valence-corrected chi connectivity index (χ2v) is 5.95. The van der Waals surface area contributed by atoms with Crippen molar-refractivity contribution in [3.05, 3.63) is 12.3 Å². The van der Waals surface area contributed by atoms with Crippen LogP contribution in [0.1, 0.15) is 26.7 Å². The van der Waals surface area contributed by atoms with Gasteiger partial charge in [0.1, 0.15) is 0 Å². The maximum Gasteiger partial charge on any atom is 0.303 e. The summed E-state index contributed by atoms with van der Waals surface area (Å²) >= 11 is 0. The van der Waals surface area contributed by atoms with Gasteiger partial charge in [-0.15, -0.1) is 0 Å². The smallest absolute Gasteiger partial charge is 0.303 e. The molecule has 1 aromatic rings. The van der Waals surface area contributed by atoms with E-state index in [1.807, 2.05) is 0 Å². The van der Waals surface area contributed by atoms with Crippen LogP contribution in [-0.2, 0) is 14.8 Å². The van der Waals surface area contributed by atoms with E-state index in [0.29, 0.717) is 0 Å². The third-order valence-electron chi connectivity index (χ3n) is 2.14. The zero-order valence-electron chi connectivity index (χ0n) is 9.60. The Hall–Kier alpha value is -1.41. The number of carboxylic acids is 1. The molecule has 0 bridgehead atoms. The minimum Gasteiger partial charge on any atom is -0.481 e. The quantitative estimate of drug-likeness (QED) is 0.683. The molecule has 0 atom stereocenters. The third kappa shape index (κ3) is 4.16. The molecule has 0 saturated carbocycles. The first-order valence-electron chi connectivity index (χ1n) is 4.98. The standard InChI is InChI=1S/C9H15N3O4S/c1-9(2,5-3-8(13)14)12-17(15,16)7-4-6-10-11-7/h4,6,12H,3,5H2,1-2H3,(H,10,11)(H,13,14). The molecule has 8 heteroatoms. The monoisotopic (exact) mass is 261 g/mol.